The molecule has 6 heteroatoms. The fraction of sp³-hybridized carbons (Fsp3) is 0.182. The van der Waals surface area contributed by atoms with Crippen molar-refractivity contribution in [3.8, 4) is 0 Å². The number of hydrogen-bond acceptors (Lipinski definition) is 4. The van der Waals surface area contributed by atoms with Crippen LogP contribution in [-0.4, -0.2) is 26.5 Å². The van der Waals surface area contributed by atoms with Crippen LogP contribution < -0.4 is 5.32 Å². The van der Waals surface area contributed by atoms with Crippen LogP contribution in [0.2, 0.25) is 0 Å². The van der Waals surface area contributed by atoms with Gasteiger partial charge in [0.1, 0.15) is 5.82 Å². The fourth-order valence-corrected chi connectivity index (χ4v) is 3.45. The molecule has 3 aromatic rings. The van der Waals surface area contributed by atoms with Crippen molar-refractivity contribution in [3.05, 3.63) is 83.8 Å². The number of nitrogens with zero attached hydrogens (tertiary/aromatic N) is 3. The van der Waals surface area contributed by atoms with Crippen LogP contribution in [0.25, 0.3) is 5.57 Å². The molecule has 1 aliphatic carbocycles. The molecule has 0 unspecified atom stereocenters. The van der Waals surface area contributed by atoms with Gasteiger partial charge in [-0.3, -0.25) is 14.6 Å². The van der Waals surface area contributed by atoms with Gasteiger partial charge in [0.25, 0.3) is 0 Å². The highest BCUT2D eigenvalue weighted by molar-refractivity contribution is 6.11. The Balaban J connectivity index is 1.49. The zero-order valence-corrected chi connectivity index (χ0v) is 15.3. The lowest BCUT2D eigenvalue weighted by molar-refractivity contribution is -0.119. The van der Waals surface area contributed by atoms with E-state index in [2.05, 4.69) is 15.4 Å². The van der Waals surface area contributed by atoms with Crippen molar-refractivity contribution in [1.82, 2.24) is 14.8 Å². The summed E-state index contributed by atoms with van der Waals surface area (Å²) in [6.07, 6.45) is 6.34. The Bertz CT molecular complexity index is 1020. The number of ketones is 1. The van der Waals surface area contributed by atoms with Crippen molar-refractivity contribution >= 4 is 23.1 Å². The molecule has 0 radical (unpaired) electrons. The maximum Gasteiger partial charge on any atom is 0.230 e. The van der Waals surface area contributed by atoms with Gasteiger partial charge in [-0.05, 0) is 29.2 Å². The molecule has 4 rings (SSSR count). The number of allylic oxidation sites excluding steroid dienone is 1. The molecular formula is C22H20N4O2. The number of carbonyl (C=O) groups is 2. The van der Waals surface area contributed by atoms with E-state index in [4.69, 9.17) is 0 Å². The summed E-state index contributed by atoms with van der Waals surface area (Å²) in [5.74, 6) is 0.436. The summed E-state index contributed by atoms with van der Waals surface area (Å²) in [5, 5.41) is 7.15. The van der Waals surface area contributed by atoms with Crippen molar-refractivity contribution in [3.63, 3.8) is 0 Å². The van der Waals surface area contributed by atoms with E-state index in [9.17, 15) is 9.59 Å². The molecule has 0 spiro atoms. The van der Waals surface area contributed by atoms with E-state index >= 15 is 0 Å². The minimum atomic E-state index is -0.216. The van der Waals surface area contributed by atoms with Gasteiger partial charge in [0.05, 0.1) is 19.2 Å². The first kappa shape index (κ1) is 17.9. The molecule has 28 heavy (non-hydrogen) atoms. The molecule has 0 atom stereocenters. The van der Waals surface area contributed by atoms with E-state index in [-0.39, 0.29) is 18.1 Å². The number of hydrogen-bond donors (Lipinski definition) is 1. The summed E-state index contributed by atoms with van der Waals surface area (Å²) in [5.41, 5.74) is 3.59. The summed E-state index contributed by atoms with van der Waals surface area (Å²) < 4.78 is 1.71. The van der Waals surface area contributed by atoms with Crippen molar-refractivity contribution in [2.45, 2.75) is 25.8 Å². The Kier molecular flexibility index (Phi) is 5.10. The maximum atomic E-state index is 12.6. The Morgan fingerprint density at radius 1 is 1.04 bits per heavy atom. The highest BCUT2D eigenvalue weighted by Gasteiger charge is 2.26. The highest BCUT2D eigenvalue weighted by atomic mass is 16.2. The zero-order chi connectivity index (χ0) is 19.3. The van der Waals surface area contributed by atoms with Crippen LogP contribution >= 0.6 is 0 Å². The topological polar surface area (TPSA) is 76.9 Å². The normalized spacial score (nSPS) is 13.8. The third-order valence-corrected chi connectivity index (χ3v) is 4.80. The van der Waals surface area contributed by atoms with Crippen molar-refractivity contribution in [2.24, 2.45) is 0 Å². The van der Waals surface area contributed by atoms with Gasteiger partial charge in [0.15, 0.2) is 5.78 Å². The van der Waals surface area contributed by atoms with Gasteiger partial charge in [0.2, 0.25) is 5.91 Å². The van der Waals surface area contributed by atoms with Crippen LogP contribution in [0.5, 0.6) is 0 Å². The third kappa shape index (κ3) is 3.91. The molecule has 2 heterocycles. The number of benzene rings is 1. The molecule has 6 nitrogen and oxygen atoms in total. The predicted molar refractivity (Wildman–Crippen MR) is 106 cm³/mol. The van der Waals surface area contributed by atoms with Crippen LogP contribution in [-0.2, 0) is 16.1 Å². The number of pyridine rings is 1. The van der Waals surface area contributed by atoms with Gasteiger partial charge >= 0.3 is 0 Å². The highest BCUT2D eigenvalue weighted by Crippen LogP contribution is 2.33. The molecular weight excluding hydrogens is 352 g/mol. The summed E-state index contributed by atoms with van der Waals surface area (Å²) in [6.45, 7) is 0.507. The molecule has 1 aliphatic rings. The molecule has 1 amide bonds. The summed E-state index contributed by atoms with van der Waals surface area (Å²) >= 11 is 0. The van der Waals surface area contributed by atoms with Crippen molar-refractivity contribution < 1.29 is 9.59 Å². The quantitative estimate of drug-likeness (QED) is 0.719. The summed E-state index contributed by atoms with van der Waals surface area (Å²) in [4.78, 5) is 29.1. The first-order valence-corrected chi connectivity index (χ1v) is 9.22. The second-order valence-electron chi connectivity index (χ2n) is 6.71. The maximum absolute atomic E-state index is 12.6. The van der Waals surface area contributed by atoms with E-state index in [0.29, 0.717) is 30.8 Å². The minimum absolute atomic E-state index is 0.0536. The lowest BCUT2D eigenvalue weighted by Gasteiger charge is -2.10. The molecule has 0 saturated carbocycles. The minimum Gasteiger partial charge on any atom is -0.311 e. The number of anilines is 1. The standard InChI is InChI=1S/C22H20N4O2/c27-20-9-8-18(17-6-2-1-3-7-17)19(20)13-22(28)25-21-10-12-24-26(21)15-16-5-4-11-23-14-16/h1-7,10-12,14H,8-9,13,15H2,(H,25,28). The number of rotatable bonds is 6. The second-order valence-corrected chi connectivity index (χ2v) is 6.71. The van der Waals surface area contributed by atoms with Gasteiger partial charge < -0.3 is 5.32 Å². The van der Waals surface area contributed by atoms with E-state index in [1.54, 1.807) is 29.3 Å². The van der Waals surface area contributed by atoms with Gasteiger partial charge in [-0.2, -0.15) is 5.10 Å². The lowest BCUT2D eigenvalue weighted by Crippen LogP contribution is -2.18. The van der Waals surface area contributed by atoms with E-state index < -0.39 is 0 Å². The molecule has 140 valence electrons. The number of amides is 1. The van der Waals surface area contributed by atoms with Crippen LogP contribution in [0.3, 0.4) is 0 Å². The first-order chi connectivity index (χ1) is 13.7. The first-order valence-electron chi connectivity index (χ1n) is 9.22. The van der Waals surface area contributed by atoms with Gasteiger partial charge in [-0.15, -0.1) is 0 Å². The second kappa shape index (κ2) is 8.00. The Hall–Kier alpha value is -3.54. The fourth-order valence-electron chi connectivity index (χ4n) is 3.45. The number of aromatic nitrogens is 3. The Labute approximate surface area is 162 Å². The van der Waals surface area contributed by atoms with Crippen molar-refractivity contribution in [1.29, 1.82) is 0 Å². The summed E-state index contributed by atoms with van der Waals surface area (Å²) in [7, 11) is 0. The number of carbonyl (C=O) groups excluding carboxylic acids is 2. The van der Waals surface area contributed by atoms with Gasteiger partial charge in [-0.1, -0.05) is 36.4 Å². The third-order valence-electron chi connectivity index (χ3n) is 4.80. The molecule has 2 aromatic heterocycles. The average Bonchev–Trinajstić information content (AvgIpc) is 3.30. The zero-order valence-electron chi connectivity index (χ0n) is 15.3. The molecule has 1 aromatic carbocycles. The van der Waals surface area contributed by atoms with Crippen LogP contribution in [0.1, 0.15) is 30.4 Å². The van der Waals surface area contributed by atoms with E-state index in [0.717, 1.165) is 16.7 Å². The summed E-state index contributed by atoms with van der Waals surface area (Å²) in [6, 6.07) is 15.4. The molecule has 0 aliphatic heterocycles. The predicted octanol–water partition coefficient (Wildman–Crippen LogP) is 3.47. The number of nitrogens with one attached hydrogen (secondary N) is 1. The van der Waals surface area contributed by atoms with Crippen LogP contribution in [0, 0.1) is 0 Å². The number of Topliss-reactive ketones (excluding diaryl/α,β-unsaturated/α-hetero) is 1. The van der Waals surface area contributed by atoms with Gasteiger partial charge in [0, 0.05) is 30.5 Å². The molecule has 0 fully saturated rings. The SMILES string of the molecule is O=C(CC1=C(c2ccccc2)CCC1=O)Nc1ccnn1Cc1cccnc1. The Morgan fingerprint density at radius 2 is 1.89 bits per heavy atom. The average molecular weight is 372 g/mol. The smallest absolute Gasteiger partial charge is 0.230 e. The van der Waals surface area contributed by atoms with Crippen LogP contribution in [0.4, 0.5) is 5.82 Å². The lowest BCUT2D eigenvalue weighted by atomic mass is 10.00. The van der Waals surface area contributed by atoms with Crippen LogP contribution in [0.15, 0.2) is 72.7 Å². The van der Waals surface area contributed by atoms with Gasteiger partial charge in [-0.25, -0.2) is 4.68 Å². The molecule has 0 bridgehead atoms. The Morgan fingerprint density at radius 3 is 2.68 bits per heavy atom. The van der Waals surface area contributed by atoms with E-state index in [1.165, 1.54) is 0 Å². The monoisotopic (exact) mass is 372 g/mol. The molecule has 1 N–H and O–H groups in total. The van der Waals surface area contributed by atoms with E-state index in [1.807, 2.05) is 42.5 Å². The van der Waals surface area contributed by atoms with Crippen molar-refractivity contribution in [2.75, 3.05) is 5.32 Å². The largest absolute Gasteiger partial charge is 0.311 e. The molecule has 0 saturated heterocycles.